The first kappa shape index (κ1) is 16.7. The number of hydrogen-bond donors (Lipinski definition) is 1. The number of nitrogens with two attached hydrogens (primary N) is 1. The normalized spacial score (nSPS) is 12.5. The Bertz CT molecular complexity index is 1040. The number of fused-ring (bicyclic) bond motifs is 3. The van der Waals surface area contributed by atoms with Gasteiger partial charge in [0.2, 0.25) is 0 Å². The summed E-state index contributed by atoms with van der Waals surface area (Å²) >= 11 is 0. The van der Waals surface area contributed by atoms with Crippen molar-refractivity contribution in [2.24, 2.45) is 5.73 Å². The molecule has 0 saturated heterocycles. The lowest BCUT2D eigenvalue weighted by molar-refractivity contribution is 0.593. The minimum absolute atomic E-state index is 0.0477. The van der Waals surface area contributed by atoms with Crippen LogP contribution in [0.15, 0.2) is 72.8 Å². The van der Waals surface area contributed by atoms with E-state index in [1.165, 1.54) is 16.3 Å². The third-order valence-electron chi connectivity index (χ3n) is 5.04. The molecule has 2 nitrogen and oxygen atoms in total. The average Bonchev–Trinajstić information content (AvgIpc) is 2.71. The molecule has 0 saturated carbocycles. The maximum Gasteiger partial charge on any atom is 0.0784 e. The zero-order valence-corrected chi connectivity index (χ0v) is 15.2. The Morgan fingerprint density at radius 1 is 0.885 bits per heavy atom. The van der Waals surface area contributed by atoms with Gasteiger partial charge >= 0.3 is 0 Å². The lowest BCUT2D eigenvalue weighted by atomic mass is 9.95. The van der Waals surface area contributed by atoms with Crippen molar-refractivity contribution in [2.75, 3.05) is 0 Å². The number of aromatic nitrogens is 1. The van der Waals surface area contributed by atoms with Crippen molar-refractivity contribution < 1.29 is 0 Å². The van der Waals surface area contributed by atoms with Crippen LogP contribution >= 0.6 is 0 Å². The number of nitrogens with zero attached hydrogens (tertiary/aromatic N) is 1. The minimum atomic E-state index is -0.0477. The summed E-state index contributed by atoms with van der Waals surface area (Å²) in [7, 11) is 0. The van der Waals surface area contributed by atoms with Crippen molar-refractivity contribution in [2.45, 2.75) is 32.2 Å². The smallest absolute Gasteiger partial charge is 0.0784 e. The predicted molar refractivity (Wildman–Crippen MR) is 111 cm³/mol. The third kappa shape index (κ3) is 3.09. The standard InChI is InChI=1S/C24H24N2/c1-2-3-13-22(25)24-21(17-9-5-4-6-10-17)16-19-15-14-18-11-7-8-12-20(18)23(19)26-24/h4-12,14-16,22H,2-3,13,25H2,1H3. The molecule has 1 atom stereocenters. The molecule has 0 aliphatic rings. The van der Waals surface area contributed by atoms with Crippen LogP contribution in [0.2, 0.25) is 0 Å². The zero-order chi connectivity index (χ0) is 17.9. The molecule has 4 aromatic rings. The second-order valence-corrected chi connectivity index (χ2v) is 6.89. The quantitative estimate of drug-likeness (QED) is 0.436. The molecule has 0 spiro atoms. The SMILES string of the molecule is CCCCC(N)c1nc2c(ccc3ccccc32)cc1-c1ccccc1. The minimum Gasteiger partial charge on any atom is -0.323 e. The predicted octanol–water partition coefficient (Wildman–Crippen LogP) is 6.25. The van der Waals surface area contributed by atoms with E-state index < -0.39 is 0 Å². The van der Waals surface area contributed by atoms with Crippen molar-refractivity contribution in [3.05, 3.63) is 78.5 Å². The molecule has 0 radical (unpaired) electrons. The molecule has 2 N–H and O–H groups in total. The molecular formula is C24H24N2. The summed E-state index contributed by atoms with van der Waals surface area (Å²) in [6.07, 6.45) is 3.22. The molecule has 1 unspecified atom stereocenters. The van der Waals surface area contributed by atoms with E-state index in [1.807, 2.05) is 6.07 Å². The zero-order valence-electron chi connectivity index (χ0n) is 15.2. The van der Waals surface area contributed by atoms with E-state index in [-0.39, 0.29) is 6.04 Å². The van der Waals surface area contributed by atoms with E-state index in [2.05, 4.69) is 73.7 Å². The number of unbranched alkanes of at least 4 members (excludes halogenated alkanes) is 1. The van der Waals surface area contributed by atoms with Gasteiger partial charge in [0.25, 0.3) is 0 Å². The molecule has 0 bridgehead atoms. The molecule has 1 heterocycles. The van der Waals surface area contributed by atoms with Crippen molar-refractivity contribution in [3.8, 4) is 11.1 Å². The van der Waals surface area contributed by atoms with Gasteiger partial charge in [-0.1, -0.05) is 86.5 Å². The molecular weight excluding hydrogens is 316 g/mol. The molecule has 0 aliphatic carbocycles. The third-order valence-corrected chi connectivity index (χ3v) is 5.04. The molecule has 2 heteroatoms. The van der Waals surface area contributed by atoms with Crippen LogP contribution in [0.25, 0.3) is 32.8 Å². The molecule has 26 heavy (non-hydrogen) atoms. The largest absolute Gasteiger partial charge is 0.323 e. The molecule has 130 valence electrons. The Labute approximate surface area is 154 Å². The van der Waals surface area contributed by atoms with Crippen LogP contribution in [0.3, 0.4) is 0 Å². The van der Waals surface area contributed by atoms with Crippen LogP contribution in [-0.2, 0) is 0 Å². The Hall–Kier alpha value is -2.71. The van der Waals surface area contributed by atoms with Crippen molar-refractivity contribution in [1.82, 2.24) is 4.98 Å². The van der Waals surface area contributed by atoms with Gasteiger partial charge in [-0.3, -0.25) is 0 Å². The molecule has 3 aromatic carbocycles. The topological polar surface area (TPSA) is 38.9 Å². The van der Waals surface area contributed by atoms with Gasteiger partial charge in [0, 0.05) is 22.4 Å². The van der Waals surface area contributed by atoms with Crippen molar-refractivity contribution in [1.29, 1.82) is 0 Å². The fourth-order valence-electron chi connectivity index (χ4n) is 3.62. The number of benzene rings is 3. The van der Waals surface area contributed by atoms with Gasteiger partial charge in [-0.15, -0.1) is 0 Å². The first-order valence-corrected chi connectivity index (χ1v) is 9.41. The molecule has 0 aliphatic heterocycles. The first-order valence-electron chi connectivity index (χ1n) is 9.41. The summed E-state index contributed by atoms with van der Waals surface area (Å²) in [6.45, 7) is 2.20. The van der Waals surface area contributed by atoms with Gasteiger partial charge in [0.05, 0.1) is 11.2 Å². The summed E-state index contributed by atoms with van der Waals surface area (Å²) in [5.74, 6) is 0. The molecule has 1 aromatic heterocycles. The van der Waals surface area contributed by atoms with Gasteiger partial charge < -0.3 is 5.73 Å². The average molecular weight is 340 g/mol. The van der Waals surface area contributed by atoms with Gasteiger partial charge in [-0.2, -0.15) is 0 Å². The van der Waals surface area contributed by atoms with Gasteiger partial charge in [0.15, 0.2) is 0 Å². The van der Waals surface area contributed by atoms with E-state index in [1.54, 1.807) is 0 Å². The van der Waals surface area contributed by atoms with Gasteiger partial charge in [-0.05, 0) is 23.4 Å². The van der Waals surface area contributed by atoms with Gasteiger partial charge in [0.1, 0.15) is 0 Å². The van der Waals surface area contributed by atoms with Crippen LogP contribution in [0.5, 0.6) is 0 Å². The fraction of sp³-hybridized carbons (Fsp3) is 0.208. The van der Waals surface area contributed by atoms with Crippen LogP contribution in [-0.4, -0.2) is 4.98 Å². The lowest BCUT2D eigenvalue weighted by Gasteiger charge is -2.17. The Kier molecular flexibility index (Phi) is 4.68. The van der Waals surface area contributed by atoms with E-state index in [0.717, 1.165) is 41.4 Å². The number of pyridine rings is 1. The van der Waals surface area contributed by atoms with Crippen LogP contribution in [0, 0.1) is 0 Å². The van der Waals surface area contributed by atoms with E-state index in [4.69, 9.17) is 10.7 Å². The van der Waals surface area contributed by atoms with E-state index >= 15 is 0 Å². The summed E-state index contributed by atoms with van der Waals surface area (Å²) in [5.41, 5.74) is 11.0. The monoisotopic (exact) mass is 340 g/mol. The summed E-state index contributed by atoms with van der Waals surface area (Å²) in [4.78, 5) is 5.11. The van der Waals surface area contributed by atoms with Crippen molar-refractivity contribution >= 4 is 21.7 Å². The number of hydrogen-bond acceptors (Lipinski definition) is 2. The van der Waals surface area contributed by atoms with Crippen LogP contribution < -0.4 is 5.73 Å². The van der Waals surface area contributed by atoms with E-state index in [9.17, 15) is 0 Å². The van der Waals surface area contributed by atoms with Gasteiger partial charge in [-0.25, -0.2) is 4.98 Å². The lowest BCUT2D eigenvalue weighted by Crippen LogP contribution is -2.13. The molecule has 4 rings (SSSR count). The fourth-order valence-corrected chi connectivity index (χ4v) is 3.62. The maximum atomic E-state index is 6.59. The molecule has 0 fully saturated rings. The second kappa shape index (κ2) is 7.27. The van der Waals surface area contributed by atoms with E-state index in [0.29, 0.717) is 0 Å². The highest BCUT2D eigenvalue weighted by Crippen LogP contribution is 2.33. The second-order valence-electron chi connectivity index (χ2n) is 6.89. The Morgan fingerprint density at radius 3 is 2.42 bits per heavy atom. The summed E-state index contributed by atoms with van der Waals surface area (Å²) in [5, 5.41) is 3.57. The first-order chi connectivity index (χ1) is 12.8. The Balaban J connectivity index is 1.97. The summed E-state index contributed by atoms with van der Waals surface area (Å²) < 4.78 is 0. The highest BCUT2D eigenvalue weighted by molar-refractivity contribution is 6.06. The van der Waals surface area contributed by atoms with Crippen LogP contribution in [0.4, 0.5) is 0 Å². The maximum absolute atomic E-state index is 6.59. The van der Waals surface area contributed by atoms with Crippen molar-refractivity contribution in [3.63, 3.8) is 0 Å². The highest BCUT2D eigenvalue weighted by Gasteiger charge is 2.16. The highest BCUT2D eigenvalue weighted by atomic mass is 14.8. The number of rotatable bonds is 5. The molecule has 0 amide bonds. The summed E-state index contributed by atoms with van der Waals surface area (Å²) in [6, 6.07) is 25.4. The van der Waals surface area contributed by atoms with Crippen LogP contribution in [0.1, 0.15) is 37.9 Å². The Morgan fingerprint density at radius 2 is 1.62 bits per heavy atom.